The van der Waals surface area contributed by atoms with E-state index in [1.54, 1.807) is 0 Å². The molecule has 0 N–H and O–H groups in total. The number of aryl methyl sites for hydroxylation is 1. The molecule has 2 rings (SSSR count). The van der Waals surface area contributed by atoms with Crippen molar-refractivity contribution in [3.05, 3.63) is 35.4 Å². The highest BCUT2D eigenvalue weighted by atomic mass is 16.5. The van der Waals surface area contributed by atoms with Gasteiger partial charge in [0.2, 0.25) is 0 Å². The molecule has 1 unspecified atom stereocenters. The monoisotopic (exact) mass is 204 g/mol. The lowest BCUT2D eigenvalue weighted by Gasteiger charge is -2.05. The van der Waals surface area contributed by atoms with Gasteiger partial charge in [-0.3, -0.25) is 4.79 Å². The third-order valence-corrected chi connectivity index (χ3v) is 3.00. The first-order chi connectivity index (χ1) is 7.20. The molecule has 1 fully saturated rings. The van der Waals surface area contributed by atoms with Gasteiger partial charge >= 0.3 is 5.97 Å². The number of hydrogen-bond donors (Lipinski definition) is 0. The van der Waals surface area contributed by atoms with E-state index in [1.165, 1.54) is 5.56 Å². The predicted molar refractivity (Wildman–Crippen MR) is 58.7 cm³/mol. The predicted octanol–water partition coefficient (Wildman–Crippen LogP) is 2.80. The first kappa shape index (κ1) is 10.2. The van der Waals surface area contributed by atoms with Crippen LogP contribution in [0.3, 0.4) is 0 Å². The van der Waals surface area contributed by atoms with Crippen LogP contribution < -0.4 is 0 Å². The highest BCUT2D eigenvalue weighted by molar-refractivity contribution is 5.80. The molecule has 1 aromatic rings. The molecule has 0 aliphatic carbocycles. The summed E-state index contributed by atoms with van der Waals surface area (Å²) in [6, 6.07) is 8.14. The number of carbonyl (C=O) groups excluding carboxylic acids is 1. The second kappa shape index (κ2) is 4.05. The average Bonchev–Trinajstić information content (AvgIpc) is 2.61. The quantitative estimate of drug-likeness (QED) is 0.692. The third-order valence-electron chi connectivity index (χ3n) is 3.00. The van der Waals surface area contributed by atoms with Crippen LogP contribution in [0.4, 0.5) is 0 Å². The topological polar surface area (TPSA) is 26.3 Å². The number of hydrogen-bond acceptors (Lipinski definition) is 2. The fourth-order valence-electron chi connectivity index (χ4n) is 1.97. The first-order valence-corrected chi connectivity index (χ1v) is 5.47. The Morgan fingerprint density at radius 3 is 2.53 bits per heavy atom. The van der Waals surface area contributed by atoms with E-state index < -0.39 is 0 Å². The van der Waals surface area contributed by atoms with Crippen molar-refractivity contribution in [2.75, 3.05) is 0 Å². The SMILES string of the molecule is CC[C@@H]1CC(c2ccc(C)cc2)C(=O)O1. The van der Waals surface area contributed by atoms with Gasteiger partial charge in [-0.2, -0.15) is 0 Å². The maximum atomic E-state index is 11.6. The lowest BCUT2D eigenvalue weighted by Crippen LogP contribution is -2.05. The summed E-state index contributed by atoms with van der Waals surface area (Å²) in [5, 5.41) is 0. The van der Waals surface area contributed by atoms with Gasteiger partial charge in [-0.15, -0.1) is 0 Å². The highest BCUT2D eigenvalue weighted by Crippen LogP contribution is 2.31. The van der Waals surface area contributed by atoms with E-state index in [0.717, 1.165) is 18.4 Å². The van der Waals surface area contributed by atoms with Crippen LogP contribution in [0.25, 0.3) is 0 Å². The Kier molecular flexibility index (Phi) is 2.76. The lowest BCUT2D eigenvalue weighted by atomic mass is 9.94. The molecule has 15 heavy (non-hydrogen) atoms. The fraction of sp³-hybridized carbons (Fsp3) is 0.462. The number of benzene rings is 1. The van der Waals surface area contributed by atoms with E-state index >= 15 is 0 Å². The van der Waals surface area contributed by atoms with Crippen molar-refractivity contribution < 1.29 is 9.53 Å². The molecule has 0 bridgehead atoms. The van der Waals surface area contributed by atoms with Crippen molar-refractivity contribution in [3.8, 4) is 0 Å². The third kappa shape index (κ3) is 2.04. The molecule has 1 heterocycles. The molecule has 2 nitrogen and oxygen atoms in total. The standard InChI is InChI=1S/C13H16O2/c1-3-11-8-12(13(14)15-11)10-6-4-9(2)5-7-10/h4-7,11-12H,3,8H2,1-2H3/t11-,12?/m1/s1. The molecule has 2 atom stereocenters. The van der Waals surface area contributed by atoms with Gasteiger partial charge in [0.25, 0.3) is 0 Å². The molecule has 2 heteroatoms. The fourth-order valence-corrected chi connectivity index (χ4v) is 1.97. The van der Waals surface area contributed by atoms with Gasteiger partial charge in [-0.1, -0.05) is 36.8 Å². The Morgan fingerprint density at radius 1 is 1.33 bits per heavy atom. The minimum Gasteiger partial charge on any atom is -0.462 e. The van der Waals surface area contributed by atoms with Crippen molar-refractivity contribution in [2.45, 2.75) is 38.7 Å². The highest BCUT2D eigenvalue weighted by Gasteiger charge is 2.34. The maximum absolute atomic E-state index is 11.6. The van der Waals surface area contributed by atoms with Crippen LogP contribution in [0.5, 0.6) is 0 Å². The van der Waals surface area contributed by atoms with E-state index in [4.69, 9.17) is 4.74 Å². The number of ether oxygens (including phenoxy) is 1. The minimum atomic E-state index is -0.0642. The van der Waals surface area contributed by atoms with Gasteiger partial charge in [0.1, 0.15) is 6.10 Å². The average molecular weight is 204 g/mol. The molecule has 1 saturated heterocycles. The van der Waals surface area contributed by atoms with Gasteiger partial charge in [0.15, 0.2) is 0 Å². The van der Waals surface area contributed by atoms with E-state index in [-0.39, 0.29) is 18.0 Å². The Bertz CT molecular complexity index is 353. The van der Waals surface area contributed by atoms with Crippen molar-refractivity contribution in [1.82, 2.24) is 0 Å². The van der Waals surface area contributed by atoms with Gasteiger partial charge in [0, 0.05) is 6.42 Å². The molecule has 0 amide bonds. The van der Waals surface area contributed by atoms with Crippen LogP contribution in [-0.2, 0) is 9.53 Å². The number of rotatable bonds is 2. The van der Waals surface area contributed by atoms with Crippen molar-refractivity contribution in [3.63, 3.8) is 0 Å². The second-order valence-corrected chi connectivity index (χ2v) is 4.17. The van der Waals surface area contributed by atoms with E-state index in [1.807, 2.05) is 31.2 Å². The number of esters is 1. The van der Waals surface area contributed by atoms with E-state index in [2.05, 4.69) is 6.92 Å². The number of carbonyl (C=O) groups is 1. The molecule has 80 valence electrons. The molecular weight excluding hydrogens is 188 g/mol. The molecule has 0 saturated carbocycles. The zero-order valence-corrected chi connectivity index (χ0v) is 9.19. The molecule has 0 aromatic heterocycles. The summed E-state index contributed by atoms with van der Waals surface area (Å²) in [7, 11) is 0. The second-order valence-electron chi connectivity index (χ2n) is 4.17. The van der Waals surface area contributed by atoms with Crippen LogP contribution in [0, 0.1) is 6.92 Å². The molecule has 0 radical (unpaired) electrons. The molecule has 1 aliphatic heterocycles. The van der Waals surface area contributed by atoms with Crippen LogP contribution >= 0.6 is 0 Å². The lowest BCUT2D eigenvalue weighted by molar-refractivity contribution is -0.142. The minimum absolute atomic E-state index is 0.0458. The first-order valence-electron chi connectivity index (χ1n) is 5.47. The van der Waals surface area contributed by atoms with Gasteiger partial charge in [-0.05, 0) is 18.9 Å². The van der Waals surface area contributed by atoms with Crippen molar-refractivity contribution in [2.24, 2.45) is 0 Å². The van der Waals surface area contributed by atoms with E-state index in [9.17, 15) is 4.79 Å². The largest absolute Gasteiger partial charge is 0.462 e. The number of cyclic esters (lactones) is 1. The van der Waals surface area contributed by atoms with Crippen molar-refractivity contribution >= 4 is 5.97 Å². The van der Waals surface area contributed by atoms with Gasteiger partial charge < -0.3 is 4.74 Å². The summed E-state index contributed by atoms with van der Waals surface area (Å²) in [5.74, 6) is -0.110. The van der Waals surface area contributed by atoms with Gasteiger partial charge in [-0.25, -0.2) is 0 Å². The molecular formula is C13H16O2. The summed E-state index contributed by atoms with van der Waals surface area (Å²) < 4.78 is 5.27. The van der Waals surface area contributed by atoms with Crippen LogP contribution in [-0.4, -0.2) is 12.1 Å². The molecule has 1 aliphatic rings. The summed E-state index contributed by atoms with van der Waals surface area (Å²) in [5.41, 5.74) is 2.30. The zero-order valence-electron chi connectivity index (χ0n) is 9.19. The Labute approximate surface area is 90.3 Å². The zero-order chi connectivity index (χ0) is 10.8. The maximum Gasteiger partial charge on any atom is 0.313 e. The Morgan fingerprint density at radius 2 is 2.00 bits per heavy atom. The molecule has 0 spiro atoms. The van der Waals surface area contributed by atoms with Crippen molar-refractivity contribution in [1.29, 1.82) is 0 Å². The summed E-state index contributed by atoms with van der Waals surface area (Å²) in [6.45, 7) is 4.10. The molecule has 1 aromatic carbocycles. The van der Waals surface area contributed by atoms with Crippen LogP contribution in [0.2, 0.25) is 0 Å². The Balaban J connectivity index is 2.18. The smallest absolute Gasteiger partial charge is 0.313 e. The Hall–Kier alpha value is -1.31. The van der Waals surface area contributed by atoms with Gasteiger partial charge in [0.05, 0.1) is 5.92 Å². The summed E-state index contributed by atoms with van der Waals surface area (Å²) in [6.07, 6.45) is 1.86. The van der Waals surface area contributed by atoms with E-state index in [0.29, 0.717) is 0 Å². The van der Waals surface area contributed by atoms with Crippen LogP contribution in [0.15, 0.2) is 24.3 Å². The summed E-state index contributed by atoms with van der Waals surface area (Å²) >= 11 is 0. The van der Waals surface area contributed by atoms with Crippen LogP contribution in [0.1, 0.15) is 36.8 Å². The summed E-state index contributed by atoms with van der Waals surface area (Å²) in [4.78, 5) is 11.6. The normalized spacial score (nSPS) is 25.3.